The zero-order chi connectivity index (χ0) is 20.8. The van der Waals surface area contributed by atoms with Gasteiger partial charge in [-0.1, -0.05) is 76.6 Å². The quantitative estimate of drug-likeness (QED) is 0.224. The van der Waals surface area contributed by atoms with Gasteiger partial charge in [0.1, 0.15) is 0 Å². The van der Waals surface area contributed by atoms with Crippen LogP contribution < -0.4 is 4.90 Å². The van der Waals surface area contributed by atoms with Gasteiger partial charge in [-0.2, -0.15) is 0 Å². The number of nitro groups is 1. The molecule has 0 spiro atoms. The molecule has 3 aromatic rings. The third-order valence-electron chi connectivity index (χ3n) is 4.36. The van der Waals surface area contributed by atoms with Gasteiger partial charge in [0.15, 0.2) is 5.78 Å². The standard InChI is InChI=1S/C22H17BrN2O4/c23-14-21(26)24(15-16-7-3-1-4-8-16)20-12-11-18(25(28)29)13-19(20)22(27)17-9-5-2-6-10-17/h1-13H,14-15H2. The lowest BCUT2D eigenvalue weighted by Gasteiger charge is -2.24. The number of nitro benzene ring substituents is 1. The van der Waals surface area contributed by atoms with Gasteiger partial charge in [-0.15, -0.1) is 0 Å². The molecule has 0 fully saturated rings. The largest absolute Gasteiger partial charge is 0.307 e. The number of rotatable bonds is 7. The number of anilines is 1. The lowest BCUT2D eigenvalue weighted by Crippen LogP contribution is -2.32. The van der Waals surface area contributed by atoms with Crippen molar-refractivity contribution in [2.45, 2.75) is 6.54 Å². The molecule has 0 heterocycles. The first-order valence-corrected chi connectivity index (χ1v) is 9.92. The molecule has 3 rings (SSSR count). The number of halogens is 1. The molecule has 6 nitrogen and oxygen atoms in total. The van der Waals surface area contributed by atoms with Crippen molar-refractivity contribution in [3.05, 3.63) is 106 Å². The smallest absolute Gasteiger partial charge is 0.270 e. The summed E-state index contributed by atoms with van der Waals surface area (Å²) in [5.74, 6) is -0.644. The summed E-state index contributed by atoms with van der Waals surface area (Å²) < 4.78 is 0. The summed E-state index contributed by atoms with van der Waals surface area (Å²) in [6.45, 7) is 0.234. The maximum atomic E-state index is 13.1. The fourth-order valence-electron chi connectivity index (χ4n) is 2.95. The number of carbonyl (C=O) groups excluding carboxylic acids is 2. The minimum Gasteiger partial charge on any atom is -0.307 e. The fourth-order valence-corrected chi connectivity index (χ4v) is 3.25. The monoisotopic (exact) mass is 452 g/mol. The van der Waals surface area contributed by atoms with E-state index in [1.54, 1.807) is 30.3 Å². The van der Waals surface area contributed by atoms with E-state index < -0.39 is 4.92 Å². The number of alkyl halides is 1. The van der Waals surface area contributed by atoms with E-state index in [4.69, 9.17) is 0 Å². The van der Waals surface area contributed by atoms with Gasteiger partial charge >= 0.3 is 0 Å². The van der Waals surface area contributed by atoms with Crippen molar-refractivity contribution in [3.63, 3.8) is 0 Å². The number of non-ortho nitro benzene ring substituents is 1. The van der Waals surface area contributed by atoms with Crippen LogP contribution in [-0.2, 0) is 11.3 Å². The molecular weight excluding hydrogens is 436 g/mol. The van der Waals surface area contributed by atoms with Crippen LogP contribution in [-0.4, -0.2) is 21.9 Å². The minimum absolute atomic E-state index is 0.0514. The molecule has 0 aromatic heterocycles. The number of hydrogen-bond donors (Lipinski definition) is 0. The second-order valence-corrected chi connectivity index (χ2v) is 6.81. The number of benzene rings is 3. The van der Waals surface area contributed by atoms with Crippen molar-refractivity contribution in [3.8, 4) is 0 Å². The summed E-state index contributed by atoms with van der Waals surface area (Å²) in [7, 11) is 0. The molecule has 0 radical (unpaired) electrons. The molecule has 146 valence electrons. The van der Waals surface area contributed by atoms with Crippen molar-refractivity contribution in [2.24, 2.45) is 0 Å². The molecule has 1 amide bonds. The molecule has 0 saturated carbocycles. The minimum atomic E-state index is -0.556. The Morgan fingerprint density at radius 2 is 1.55 bits per heavy atom. The van der Waals surface area contributed by atoms with Gasteiger partial charge in [0.05, 0.1) is 28.0 Å². The number of ketones is 1. The summed E-state index contributed by atoms with van der Waals surface area (Å²) in [6.07, 6.45) is 0. The molecule has 0 aliphatic carbocycles. The number of amides is 1. The Balaban J connectivity index is 2.13. The van der Waals surface area contributed by atoms with Crippen LogP contribution in [0.2, 0.25) is 0 Å². The van der Waals surface area contributed by atoms with Crippen LogP contribution in [0.5, 0.6) is 0 Å². The summed E-state index contributed by atoms with van der Waals surface area (Å²) in [5.41, 5.74) is 1.49. The van der Waals surface area contributed by atoms with Crippen LogP contribution in [0.25, 0.3) is 0 Å². The topological polar surface area (TPSA) is 80.5 Å². The molecule has 0 saturated heterocycles. The first-order chi connectivity index (χ1) is 14.0. The maximum absolute atomic E-state index is 13.1. The van der Waals surface area contributed by atoms with Crippen molar-refractivity contribution in [1.82, 2.24) is 0 Å². The van der Waals surface area contributed by atoms with Gasteiger partial charge in [-0.3, -0.25) is 19.7 Å². The van der Waals surface area contributed by atoms with Crippen molar-refractivity contribution >= 4 is 39.0 Å². The van der Waals surface area contributed by atoms with Gasteiger partial charge < -0.3 is 4.90 Å². The van der Waals surface area contributed by atoms with Crippen molar-refractivity contribution in [1.29, 1.82) is 0 Å². The van der Waals surface area contributed by atoms with E-state index in [2.05, 4.69) is 15.9 Å². The average Bonchev–Trinajstić information content (AvgIpc) is 2.77. The lowest BCUT2D eigenvalue weighted by atomic mass is 10.00. The molecule has 0 N–H and O–H groups in total. The van der Waals surface area contributed by atoms with E-state index >= 15 is 0 Å². The first-order valence-electron chi connectivity index (χ1n) is 8.79. The second kappa shape index (κ2) is 9.25. The van der Waals surface area contributed by atoms with Gasteiger partial charge in [0.25, 0.3) is 5.69 Å². The van der Waals surface area contributed by atoms with E-state index in [0.717, 1.165) is 5.56 Å². The number of nitrogens with zero attached hydrogens (tertiary/aromatic N) is 2. The van der Waals surface area contributed by atoms with Crippen LogP contribution in [0, 0.1) is 10.1 Å². The molecule has 0 bridgehead atoms. The molecule has 7 heteroatoms. The summed E-state index contributed by atoms with van der Waals surface area (Å²) in [4.78, 5) is 38.0. The van der Waals surface area contributed by atoms with Gasteiger partial charge in [0.2, 0.25) is 5.91 Å². The highest BCUT2D eigenvalue weighted by Gasteiger charge is 2.25. The van der Waals surface area contributed by atoms with E-state index in [1.807, 2.05) is 30.3 Å². The van der Waals surface area contributed by atoms with E-state index in [1.165, 1.54) is 23.1 Å². The van der Waals surface area contributed by atoms with E-state index in [-0.39, 0.29) is 34.8 Å². The predicted octanol–water partition coefficient (Wildman–Crippen LogP) is 4.75. The van der Waals surface area contributed by atoms with Gasteiger partial charge in [0, 0.05) is 17.7 Å². The second-order valence-electron chi connectivity index (χ2n) is 6.25. The van der Waals surface area contributed by atoms with Crippen molar-refractivity contribution in [2.75, 3.05) is 10.2 Å². The number of hydrogen-bond acceptors (Lipinski definition) is 4. The first kappa shape index (κ1) is 20.4. The molecule has 0 atom stereocenters. The molecule has 0 aliphatic heterocycles. The van der Waals surface area contributed by atoms with Crippen LogP contribution in [0.4, 0.5) is 11.4 Å². The Labute approximate surface area is 176 Å². The normalized spacial score (nSPS) is 10.4. The van der Waals surface area contributed by atoms with E-state index in [0.29, 0.717) is 11.3 Å². The maximum Gasteiger partial charge on any atom is 0.270 e. The summed E-state index contributed by atoms with van der Waals surface area (Å²) >= 11 is 3.19. The summed E-state index contributed by atoms with van der Waals surface area (Å²) in [6, 6.07) is 21.8. The third-order valence-corrected chi connectivity index (χ3v) is 4.84. The number of carbonyl (C=O) groups is 2. The molecule has 0 aliphatic rings. The van der Waals surface area contributed by atoms with Crippen LogP contribution in [0.15, 0.2) is 78.9 Å². The lowest BCUT2D eigenvalue weighted by molar-refractivity contribution is -0.384. The van der Waals surface area contributed by atoms with Gasteiger partial charge in [-0.05, 0) is 11.6 Å². The van der Waals surface area contributed by atoms with Crippen LogP contribution in [0.3, 0.4) is 0 Å². The Hall–Kier alpha value is -3.32. The fraction of sp³-hybridized carbons (Fsp3) is 0.0909. The van der Waals surface area contributed by atoms with Crippen molar-refractivity contribution < 1.29 is 14.5 Å². The SMILES string of the molecule is O=C(c1ccccc1)c1cc([N+](=O)[O-])ccc1N(Cc1ccccc1)C(=O)CBr. The Kier molecular flexibility index (Phi) is 6.51. The zero-order valence-electron chi connectivity index (χ0n) is 15.3. The highest BCUT2D eigenvalue weighted by Crippen LogP contribution is 2.29. The van der Waals surface area contributed by atoms with Crippen LogP contribution >= 0.6 is 15.9 Å². The highest BCUT2D eigenvalue weighted by molar-refractivity contribution is 9.09. The highest BCUT2D eigenvalue weighted by atomic mass is 79.9. The average molecular weight is 453 g/mol. The zero-order valence-corrected chi connectivity index (χ0v) is 16.9. The molecule has 3 aromatic carbocycles. The molecular formula is C22H17BrN2O4. The predicted molar refractivity (Wildman–Crippen MR) is 114 cm³/mol. The Bertz CT molecular complexity index is 1040. The molecule has 29 heavy (non-hydrogen) atoms. The summed E-state index contributed by atoms with van der Waals surface area (Å²) in [5, 5.41) is 11.3. The molecule has 0 unspecified atom stereocenters. The van der Waals surface area contributed by atoms with E-state index in [9.17, 15) is 19.7 Å². The Morgan fingerprint density at radius 3 is 2.14 bits per heavy atom. The van der Waals surface area contributed by atoms with Crippen LogP contribution in [0.1, 0.15) is 21.5 Å². The third kappa shape index (κ3) is 4.75. The Morgan fingerprint density at radius 1 is 0.931 bits per heavy atom. The van der Waals surface area contributed by atoms with Gasteiger partial charge in [-0.25, -0.2) is 0 Å².